The van der Waals surface area contributed by atoms with Crippen LogP contribution in [0.2, 0.25) is 13.1 Å². The Morgan fingerprint density at radius 1 is 1.12 bits per heavy atom. The lowest BCUT2D eigenvalue weighted by atomic mass is 9.85. The van der Waals surface area contributed by atoms with Gasteiger partial charge in [0.15, 0.2) is 7.38 Å². The smallest absolute Gasteiger partial charge is 0.161 e. The van der Waals surface area contributed by atoms with E-state index in [9.17, 15) is 0 Å². The van der Waals surface area contributed by atoms with E-state index in [1.165, 1.54) is 29.5 Å². The Labute approximate surface area is 152 Å². The molecule has 1 unspecified atom stereocenters. The zero-order chi connectivity index (χ0) is 17.3. The molecule has 0 bridgehead atoms. The van der Waals surface area contributed by atoms with Crippen molar-refractivity contribution in [2.45, 2.75) is 58.2 Å². The SMILES string of the molecule is CC1=Cc2c(cc3c(c2C2C=CC=C2)CC(C)(C)C3)C1[Si](C)(C)Cl. The first-order valence-corrected chi connectivity index (χ1v) is 13.2. The van der Waals surface area contributed by atoms with Crippen LogP contribution in [0.5, 0.6) is 0 Å². The van der Waals surface area contributed by atoms with Crippen LogP contribution < -0.4 is 0 Å². The molecule has 0 amide bonds. The van der Waals surface area contributed by atoms with Gasteiger partial charge < -0.3 is 0 Å². The minimum Gasteiger partial charge on any atom is -0.167 e. The lowest BCUT2D eigenvalue weighted by molar-refractivity contribution is 0.392. The zero-order valence-corrected chi connectivity index (χ0v) is 17.2. The van der Waals surface area contributed by atoms with Gasteiger partial charge in [0.05, 0.1) is 0 Å². The molecule has 24 heavy (non-hydrogen) atoms. The van der Waals surface area contributed by atoms with E-state index in [4.69, 9.17) is 11.1 Å². The van der Waals surface area contributed by atoms with Gasteiger partial charge in [0.25, 0.3) is 0 Å². The highest BCUT2D eigenvalue weighted by Crippen LogP contribution is 2.51. The first kappa shape index (κ1) is 16.4. The minimum atomic E-state index is -1.80. The molecule has 1 aromatic carbocycles. The summed E-state index contributed by atoms with van der Waals surface area (Å²) in [7, 11) is -1.80. The number of halogens is 1. The van der Waals surface area contributed by atoms with E-state index in [0.29, 0.717) is 16.9 Å². The molecule has 0 N–H and O–H groups in total. The average Bonchev–Trinajstić information content (AvgIpc) is 3.10. The fourth-order valence-corrected chi connectivity index (χ4v) is 8.15. The van der Waals surface area contributed by atoms with E-state index >= 15 is 0 Å². The van der Waals surface area contributed by atoms with Crippen molar-refractivity contribution in [3.8, 4) is 0 Å². The molecule has 0 radical (unpaired) electrons. The number of fused-ring (bicyclic) bond motifs is 2. The summed E-state index contributed by atoms with van der Waals surface area (Å²) in [6, 6.07) is 2.51. The summed E-state index contributed by atoms with van der Waals surface area (Å²) in [5.74, 6) is 0.436. The van der Waals surface area contributed by atoms with Crippen LogP contribution in [0.15, 0.2) is 35.9 Å². The Morgan fingerprint density at radius 3 is 2.42 bits per heavy atom. The third-order valence-corrected chi connectivity index (χ3v) is 8.67. The summed E-state index contributed by atoms with van der Waals surface area (Å²) >= 11 is 6.95. The second kappa shape index (κ2) is 5.22. The van der Waals surface area contributed by atoms with Crippen LogP contribution in [0.3, 0.4) is 0 Å². The van der Waals surface area contributed by atoms with E-state index in [1.807, 2.05) is 0 Å². The largest absolute Gasteiger partial charge is 0.167 e. The molecule has 1 atom stereocenters. The Morgan fingerprint density at radius 2 is 1.79 bits per heavy atom. The van der Waals surface area contributed by atoms with Crippen molar-refractivity contribution in [3.05, 3.63) is 63.8 Å². The monoisotopic (exact) mass is 354 g/mol. The Hall–Kier alpha value is -1.05. The Kier molecular flexibility index (Phi) is 3.57. The number of hydrogen-bond acceptors (Lipinski definition) is 0. The number of benzene rings is 1. The molecule has 0 aliphatic heterocycles. The molecule has 3 aliphatic rings. The van der Waals surface area contributed by atoms with E-state index in [-0.39, 0.29) is 0 Å². The van der Waals surface area contributed by atoms with Crippen LogP contribution in [0.4, 0.5) is 0 Å². The first-order valence-electron chi connectivity index (χ1n) is 9.08. The molecular weight excluding hydrogens is 328 g/mol. The molecule has 0 heterocycles. The van der Waals surface area contributed by atoms with Gasteiger partial charge in [0.1, 0.15) is 0 Å². The standard InChI is InChI=1S/C22H27ClSi/c1-14-10-17-18(21(14)24(4,5)23)11-16-12-22(2,3)13-19(16)20(17)15-8-6-7-9-15/h6-11,15,21H,12-13H2,1-5H3. The lowest BCUT2D eigenvalue weighted by Gasteiger charge is -2.27. The summed E-state index contributed by atoms with van der Waals surface area (Å²) in [6.07, 6.45) is 13.9. The van der Waals surface area contributed by atoms with Crippen molar-refractivity contribution in [2.24, 2.45) is 5.41 Å². The van der Waals surface area contributed by atoms with Crippen molar-refractivity contribution in [2.75, 3.05) is 0 Å². The van der Waals surface area contributed by atoms with Gasteiger partial charge >= 0.3 is 0 Å². The third-order valence-electron chi connectivity index (χ3n) is 5.87. The van der Waals surface area contributed by atoms with Crippen LogP contribution in [0.1, 0.15) is 60.0 Å². The summed E-state index contributed by atoms with van der Waals surface area (Å²) in [6.45, 7) is 11.7. The van der Waals surface area contributed by atoms with E-state index < -0.39 is 7.38 Å². The molecule has 4 rings (SSSR count). The zero-order valence-electron chi connectivity index (χ0n) is 15.4. The molecule has 1 aromatic rings. The van der Waals surface area contributed by atoms with Crippen LogP contribution >= 0.6 is 11.1 Å². The van der Waals surface area contributed by atoms with Gasteiger partial charge in [0.2, 0.25) is 0 Å². The second-order valence-corrected chi connectivity index (χ2v) is 15.8. The van der Waals surface area contributed by atoms with Gasteiger partial charge in [-0.15, -0.1) is 0 Å². The predicted octanol–water partition coefficient (Wildman–Crippen LogP) is 6.50. The van der Waals surface area contributed by atoms with Crippen LogP contribution in [0, 0.1) is 5.41 Å². The molecule has 0 fully saturated rings. The quantitative estimate of drug-likeness (QED) is 0.419. The van der Waals surface area contributed by atoms with Gasteiger partial charge in [-0.3, -0.25) is 0 Å². The molecular formula is C22H27ClSi. The van der Waals surface area contributed by atoms with Gasteiger partial charge in [-0.25, -0.2) is 0 Å². The van der Waals surface area contributed by atoms with Crippen LogP contribution in [-0.4, -0.2) is 7.38 Å². The van der Waals surface area contributed by atoms with Crippen LogP contribution in [-0.2, 0) is 12.8 Å². The lowest BCUT2D eigenvalue weighted by Crippen LogP contribution is -2.28. The van der Waals surface area contributed by atoms with Gasteiger partial charge in [-0.2, -0.15) is 11.1 Å². The molecule has 0 spiro atoms. The maximum atomic E-state index is 6.95. The first-order chi connectivity index (χ1) is 11.2. The second-order valence-electron chi connectivity index (χ2n) is 9.13. The normalized spacial score (nSPS) is 24.4. The Balaban J connectivity index is 1.97. The fraction of sp³-hybridized carbons (Fsp3) is 0.455. The maximum Gasteiger partial charge on any atom is 0.161 e. The van der Waals surface area contributed by atoms with Crippen molar-refractivity contribution < 1.29 is 0 Å². The van der Waals surface area contributed by atoms with E-state index in [2.05, 4.69) is 70.3 Å². The molecule has 0 saturated heterocycles. The summed E-state index contributed by atoms with van der Waals surface area (Å²) in [4.78, 5) is 0. The van der Waals surface area contributed by atoms with Crippen molar-refractivity contribution >= 4 is 24.5 Å². The van der Waals surface area contributed by atoms with E-state index in [1.54, 1.807) is 16.7 Å². The highest BCUT2D eigenvalue weighted by Gasteiger charge is 2.41. The van der Waals surface area contributed by atoms with Gasteiger partial charge in [-0.05, 0) is 53.0 Å². The highest BCUT2D eigenvalue weighted by atomic mass is 35.6. The third kappa shape index (κ3) is 2.48. The van der Waals surface area contributed by atoms with E-state index in [0.717, 1.165) is 0 Å². The molecule has 3 aliphatic carbocycles. The number of hydrogen-bond donors (Lipinski definition) is 0. The number of rotatable bonds is 2. The molecule has 0 saturated carbocycles. The fourth-order valence-electron chi connectivity index (χ4n) is 5.14. The summed E-state index contributed by atoms with van der Waals surface area (Å²) in [5, 5.41) is 0. The Bertz CT molecular complexity index is 790. The summed E-state index contributed by atoms with van der Waals surface area (Å²) < 4.78 is 0. The summed E-state index contributed by atoms with van der Waals surface area (Å²) in [5.41, 5.74) is 10.0. The van der Waals surface area contributed by atoms with Gasteiger partial charge in [0, 0.05) is 11.5 Å². The average molecular weight is 355 g/mol. The van der Waals surface area contributed by atoms with Crippen molar-refractivity contribution in [1.82, 2.24) is 0 Å². The molecule has 2 heteroatoms. The maximum absolute atomic E-state index is 6.95. The van der Waals surface area contributed by atoms with Crippen molar-refractivity contribution in [1.29, 1.82) is 0 Å². The van der Waals surface area contributed by atoms with Gasteiger partial charge in [-0.1, -0.05) is 69.0 Å². The topological polar surface area (TPSA) is 0 Å². The van der Waals surface area contributed by atoms with Crippen LogP contribution in [0.25, 0.3) is 6.08 Å². The predicted molar refractivity (Wildman–Crippen MR) is 108 cm³/mol. The van der Waals surface area contributed by atoms with Crippen molar-refractivity contribution in [3.63, 3.8) is 0 Å². The number of allylic oxidation sites excluding steroid dienone is 5. The molecule has 0 nitrogen and oxygen atoms in total. The highest BCUT2D eigenvalue weighted by molar-refractivity contribution is 7.20. The molecule has 0 aromatic heterocycles. The molecule has 126 valence electrons. The minimum absolute atomic E-state index is 0.375.